The van der Waals surface area contributed by atoms with Gasteiger partial charge in [0.25, 0.3) is 5.91 Å². The molecule has 0 spiro atoms. The zero-order valence-corrected chi connectivity index (χ0v) is 12.9. The third-order valence-corrected chi connectivity index (χ3v) is 3.64. The van der Waals surface area contributed by atoms with Crippen LogP contribution in [0.1, 0.15) is 10.4 Å². The molecule has 0 atom stereocenters. The van der Waals surface area contributed by atoms with Crippen LogP contribution < -0.4 is 10.1 Å². The molecule has 0 saturated carbocycles. The number of hydrogen-bond donors (Lipinski definition) is 2. The number of aromatic amines is 1. The minimum Gasteiger partial charge on any atom is -0.497 e. The standard InChI is InChI=1S/C16H13BrN2O2/c1-21-14-8-12(17)7-13(9-14)19-16(20)11-2-3-15-10(6-11)4-5-18-15/h2-9,18H,1H3,(H,19,20). The van der Waals surface area contributed by atoms with Gasteiger partial charge in [-0.2, -0.15) is 0 Å². The first kappa shape index (κ1) is 13.7. The van der Waals surface area contributed by atoms with Gasteiger partial charge in [0.2, 0.25) is 0 Å². The Morgan fingerprint density at radius 1 is 1.19 bits per heavy atom. The van der Waals surface area contributed by atoms with E-state index in [1.807, 2.05) is 36.5 Å². The van der Waals surface area contributed by atoms with E-state index in [1.54, 1.807) is 19.2 Å². The normalized spacial score (nSPS) is 10.6. The average molecular weight is 345 g/mol. The summed E-state index contributed by atoms with van der Waals surface area (Å²) in [5.74, 6) is 0.527. The maximum absolute atomic E-state index is 12.3. The van der Waals surface area contributed by atoms with Crippen LogP contribution in [0.15, 0.2) is 53.1 Å². The number of anilines is 1. The van der Waals surface area contributed by atoms with Gasteiger partial charge in [0, 0.05) is 38.9 Å². The molecule has 2 N–H and O–H groups in total. The van der Waals surface area contributed by atoms with Crippen molar-refractivity contribution >= 4 is 38.4 Å². The fourth-order valence-electron chi connectivity index (χ4n) is 2.15. The number of ether oxygens (including phenoxy) is 1. The Labute approximate surface area is 130 Å². The number of halogens is 1. The summed E-state index contributed by atoms with van der Waals surface area (Å²) in [7, 11) is 1.59. The van der Waals surface area contributed by atoms with Crippen LogP contribution in [-0.2, 0) is 0 Å². The summed E-state index contributed by atoms with van der Waals surface area (Å²) < 4.78 is 6.03. The monoisotopic (exact) mass is 344 g/mol. The summed E-state index contributed by atoms with van der Waals surface area (Å²) in [6.45, 7) is 0. The van der Waals surface area contributed by atoms with E-state index in [4.69, 9.17) is 4.74 Å². The maximum Gasteiger partial charge on any atom is 0.255 e. The number of amides is 1. The molecule has 0 aliphatic rings. The Hall–Kier alpha value is -2.27. The number of hydrogen-bond acceptors (Lipinski definition) is 2. The van der Waals surface area contributed by atoms with Gasteiger partial charge in [-0.1, -0.05) is 15.9 Å². The fraction of sp³-hybridized carbons (Fsp3) is 0.0625. The molecule has 0 radical (unpaired) electrons. The molecule has 0 aliphatic heterocycles. The number of rotatable bonds is 3. The summed E-state index contributed by atoms with van der Waals surface area (Å²) >= 11 is 3.39. The highest BCUT2D eigenvalue weighted by atomic mass is 79.9. The first-order valence-corrected chi connectivity index (χ1v) is 7.18. The minimum absolute atomic E-state index is 0.154. The molecule has 0 fully saturated rings. The zero-order valence-electron chi connectivity index (χ0n) is 11.3. The van der Waals surface area contributed by atoms with Gasteiger partial charge in [0.15, 0.2) is 0 Å². The van der Waals surface area contributed by atoms with Gasteiger partial charge < -0.3 is 15.0 Å². The van der Waals surface area contributed by atoms with Crippen molar-refractivity contribution in [3.05, 3.63) is 58.7 Å². The summed E-state index contributed by atoms with van der Waals surface area (Å²) in [5.41, 5.74) is 2.30. The lowest BCUT2D eigenvalue weighted by Gasteiger charge is -2.08. The Balaban J connectivity index is 1.86. The molecule has 1 aromatic heterocycles. The fourth-order valence-corrected chi connectivity index (χ4v) is 2.62. The van der Waals surface area contributed by atoms with E-state index >= 15 is 0 Å². The van der Waals surface area contributed by atoms with Crippen molar-refractivity contribution in [1.82, 2.24) is 4.98 Å². The summed E-state index contributed by atoms with van der Waals surface area (Å²) in [5, 5.41) is 3.88. The highest BCUT2D eigenvalue weighted by Crippen LogP contribution is 2.25. The summed E-state index contributed by atoms with van der Waals surface area (Å²) in [6.07, 6.45) is 1.85. The number of methoxy groups -OCH3 is 1. The van der Waals surface area contributed by atoms with Gasteiger partial charge in [-0.15, -0.1) is 0 Å². The molecule has 4 nitrogen and oxygen atoms in total. The predicted molar refractivity (Wildman–Crippen MR) is 86.9 cm³/mol. The van der Waals surface area contributed by atoms with Crippen molar-refractivity contribution in [2.24, 2.45) is 0 Å². The molecule has 1 heterocycles. The molecule has 1 amide bonds. The minimum atomic E-state index is -0.154. The molecule has 21 heavy (non-hydrogen) atoms. The van der Waals surface area contributed by atoms with Gasteiger partial charge in [-0.25, -0.2) is 0 Å². The number of carbonyl (C=O) groups excluding carboxylic acids is 1. The van der Waals surface area contributed by atoms with E-state index in [0.717, 1.165) is 15.4 Å². The zero-order chi connectivity index (χ0) is 14.8. The highest BCUT2D eigenvalue weighted by molar-refractivity contribution is 9.10. The second kappa shape index (κ2) is 5.61. The molecule has 0 bridgehead atoms. The molecular formula is C16H13BrN2O2. The van der Waals surface area contributed by atoms with Crippen LogP contribution >= 0.6 is 15.9 Å². The molecule has 3 rings (SSSR count). The van der Waals surface area contributed by atoms with E-state index in [-0.39, 0.29) is 5.91 Å². The van der Waals surface area contributed by atoms with Crippen LogP contribution in [0.4, 0.5) is 5.69 Å². The largest absolute Gasteiger partial charge is 0.497 e. The van der Waals surface area contributed by atoms with Crippen LogP contribution in [0, 0.1) is 0 Å². The van der Waals surface area contributed by atoms with Gasteiger partial charge in [0.1, 0.15) is 5.75 Å². The topological polar surface area (TPSA) is 54.1 Å². The Bertz CT molecular complexity index is 811. The Morgan fingerprint density at radius 2 is 2.05 bits per heavy atom. The van der Waals surface area contributed by atoms with Gasteiger partial charge >= 0.3 is 0 Å². The van der Waals surface area contributed by atoms with Crippen molar-refractivity contribution in [1.29, 1.82) is 0 Å². The van der Waals surface area contributed by atoms with Crippen molar-refractivity contribution in [3.63, 3.8) is 0 Å². The Kier molecular flexibility index (Phi) is 3.66. The average Bonchev–Trinajstić information content (AvgIpc) is 2.93. The SMILES string of the molecule is COc1cc(Br)cc(NC(=O)c2ccc3[nH]ccc3c2)c1. The first-order chi connectivity index (χ1) is 10.2. The lowest BCUT2D eigenvalue weighted by atomic mass is 10.1. The molecule has 5 heteroatoms. The highest BCUT2D eigenvalue weighted by Gasteiger charge is 2.08. The second-order valence-corrected chi connectivity index (χ2v) is 5.53. The number of nitrogens with one attached hydrogen (secondary N) is 2. The maximum atomic E-state index is 12.3. The van der Waals surface area contributed by atoms with E-state index < -0.39 is 0 Å². The van der Waals surface area contributed by atoms with Crippen molar-refractivity contribution in [3.8, 4) is 5.75 Å². The summed E-state index contributed by atoms with van der Waals surface area (Å²) in [6, 6.07) is 12.9. The lowest BCUT2D eigenvalue weighted by Crippen LogP contribution is -2.11. The third-order valence-electron chi connectivity index (χ3n) is 3.18. The number of aromatic nitrogens is 1. The van der Waals surface area contributed by atoms with Crippen molar-refractivity contribution < 1.29 is 9.53 Å². The molecule has 0 saturated heterocycles. The number of carbonyl (C=O) groups is 1. The van der Waals surface area contributed by atoms with E-state index in [9.17, 15) is 4.79 Å². The van der Waals surface area contributed by atoms with E-state index in [0.29, 0.717) is 17.0 Å². The number of benzene rings is 2. The number of H-pyrrole nitrogens is 1. The smallest absolute Gasteiger partial charge is 0.255 e. The molecule has 106 valence electrons. The van der Waals surface area contributed by atoms with Crippen LogP contribution in [-0.4, -0.2) is 18.0 Å². The molecule has 2 aromatic carbocycles. The van der Waals surface area contributed by atoms with Gasteiger partial charge in [0.05, 0.1) is 7.11 Å². The molecule has 0 unspecified atom stereocenters. The molecule has 3 aromatic rings. The second-order valence-electron chi connectivity index (χ2n) is 4.61. The van der Waals surface area contributed by atoms with Crippen LogP contribution in [0.2, 0.25) is 0 Å². The van der Waals surface area contributed by atoms with Gasteiger partial charge in [-0.05, 0) is 36.4 Å². The van der Waals surface area contributed by atoms with Crippen molar-refractivity contribution in [2.45, 2.75) is 0 Å². The van der Waals surface area contributed by atoms with Crippen LogP contribution in [0.5, 0.6) is 5.75 Å². The lowest BCUT2D eigenvalue weighted by molar-refractivity contribution is 0.102. The Morgan fingerprint density at radius 3 is 2.86 bits per heavy atom. The first-order valence-electron chi connectivity index (χ1n) is 6.39. The van der Waals surface area contributed by atoms with E-state index in [2.05, 4.69) is 26.2 Å². The molecule has 0 aliphatic carbocycles. The van der Waals surface area contributed by atoms with Crippen LogP contribution in [0.3, 0.4) is 0 Å². The molecular weight excluding hydrogens is 332 g/mol. The predicted octanol–water partition coefficient (Wildman–Crippen LogP) is 4.19. The van der Waals surface area contributed by atoms with Crippen LogP contribution in [0.25, 0.3) is 10.9 Å². The number of fused-ring (bicyclic) bond motifs is 1. The van der Waals surface area contributed by atoms with Crippen molar-refractivity contribution in [2.75, 3.05) is 12.4 Å². The van der Waals surface area contributed by atoms with Gasteiger partial charge in [-0.3, -0.25) is 4.79 Å². The summed E-state index contributed by atoms with van der Waals surface area (Å²) in [4.78, 5) is 15.4. The third kappa shape index (κ3) is 2.92. The van der Waals surface area contributed by atoms with E-state index in [1.165, 1.54) is 0 Å². The quantitative estimate of drug-likeness (QED) is 0.748.